The first-order chi connectivity index (χ1) is 12.5. The van der Waals surface area contributed by atoms with Gasteiger partial charge in [0.05, 0.1) is 13.7 Å². The number of benzene rings is 2. The summed E-state index contributed by atoms with van der Waals surface area (Å²) < 4.78 is 10.7. The summed E-state index contributed by atoms with van der Waals surface area (Å²) in [5, 5.41) is 12.9. The van der Waals surface area contributed by atoms with Gasteiger partial charge in [0, 0.05) is 29.0 Å². The zero-order valence-electron chi connectivity index (χ0n) is 15.3. The molecule has 0 unspecified atom stereocenters. The summed E-state index contributed by atoms with van der Waals surface area (Å²) in [6.07, 6.45) is 0.879. The van der Waals surface area contributed by atoms with Crippen molar-refractivity contribution in [3.63, 3.8) is 0 Å². The van der Waals surface area contributed by atoms with Crippen molar-refractivity contribution in [1.82, 2.24) is 0 Å². The fourth-order valence-corrected chi connectivity index (χ4v) is 3.20. The molecule has 0 amide bonds. The molecule has 0 aliphatic rings. The van der Waals surface area contributed by atoms with Gasteiger partial charge in [0.15, 0.2) is 0 Å². The number of nitrogens with two attached hydrogens (primary N) is 1. The number of aryl methyl sites for hydroxylation is 2. The van der Waals surface area contributed by atoms with Crippen molar-refractivity contribution < 1.29 is 19.6 Å². The Morgan fingerprint density at radius 1 is 1.12 bits per heavy atom. The molecule has 136 valence electrons. The van der Waals surface area contributed by atoms with E-state index in [0.29, 0.717) is 17.7 Å². The average Bonchev–Trinajstić information content (AvgIpc) is 2.62. The van der Waals surface area contributed by atoms with Gasteiger partial charge in [-0.15, -0.1) is 0 Å². The van der Waals surface area contributed by atoms with E-state index < -0.39 is 5.63 Å². The summed E-state index contributed by atoms with van der Waals surface area (Å²) >= 11 is 0. The summed E-state index contributed by atoms with van der Waals surface area (Å²) in [6, 6.07) is 11.1. The topological polar surface area (TPSA) is 76.3 Å². The van der Waals surface area contributed by atoms with Crippen LogP contribution in [0.3, 0.4) is 0 Å². The fourth-order valence-electron chi connectivity index (χ4n) is 3.20. The summed E-state index contributed by atoms with van der Waals surface area (Å²) in [5.74, 6) is 1.04. The number of quaternary nitrogens is 1. The maximum absolute atomic E-state index is 11.9. The van der Waals surface area contributed by atoms with Crippen LogP contribution in [0.15, 0.2) is 45.6 Å². The highest BCUT2D eigenvalue weighted by atomic mass is 16.5. The maximum Gasteiger partial charge on any atom is 0.336 e. The van der Waals surface area contributed by atoms with Crippen LogP contribution < -0.4 is 15.7 Å². The SMILES string of the molecule is COc1ccc(C)cc1CC[NH2+]Cc1cc(=O)oc2c(C)c(O)ccc12. The van der Waals surface area contributed by atoms with Crippen LogP contribution in [0.2, 0.25) is 0 Å². The third kappa shape index (κ3) is 3.73. The van der Waals surface area contributed by atoms with Gasteiger partial charge in [-0.2, -0.15) is 0 Å². The van der Waals surface area contributed by atoms with Gasteiger partial charge in [-0.1, -0.05) is 17.7 Å². The molecule has 2 aromatic carbocycles. The quantitative estimate of drug-likeness (QED) is 0.527. The molecule has 3 N–H and O–H groups in total. The summed E-state index contributed by atoms with van der Waals surface area (Å²) in [5.41, 5.74) is 3.96. The Kier molecular flexibility index (Phi) is 5.28. The predicted octanol–water partition coefficient (Wildman–Crippen LogP) is 2.43. The molecular formula is C21H24NO4+. The minimum absolute atomic E-state index is 0.133. The van der Waals surface area contributed by atoms with E-state index in [-0.39, 0.29) is 5.75 Å². The second-order valence-electron chi connectivity index (χ2n) is 6.52. The number of phenolic OH excluding ortho intramolecular Hbond substituents is 1. The van der Waals surface area contributed by atoms with E-state index in [2.05, 4.69) is 18.3 Å². The molecular weight excluding hydrogens is 330 g/mol. The standard InChI is InChI=1S/C21H23NO4/c1-13-4-7-19(25-3)15(10-13)8-9-22-12-16-11-20(24)26-21-14(2)18(23)6-5-17(16)21/h4-7,10-11,22-23H,8-9,12H2,1-3H3/p+1. The van der Waals surface area contributed by atoms with Crippen molar-refractivity contribution in [3.05, 3.63) is 69.1 Å². The molecule has 0 aliphatic heterocycles. The third-order valence-electron chi connectivity index (χ3n) is 4.64. The molecule has 1 heterocycles. The maximum atomic E-state index is 11.9. The normalized spacial score (nSPS) is 11.0. The number of phenols is 1. The van der Waals surface area contributed by atoms with E-state index in [4.69, 9.17) is 9.15 Å². The highest BCUT2D eigenvalue weighted by Gasteiger charge is 2.12. The molecule has 0 saturated heterocycles. The van der Waals surface area contributed by atoms with Gasteiger partial charge in [-0.05, 0) is 37.6 Å². The number of hydrogen-bond acceptors (Lipinski definition) is 4. The molecule has 5 heteroatoms. The van der Waals surface area contributed by atoms with Gasteiger partial charge in [0.1, 0.15) is 23.6 Å². The van der Waals surface area contributed by atoms with E-state index in [1.807, 2.05) is 12.1 Å². The lowest BCUT2D eigenvalue weighted by Crippen LogP contribution is -2.83. The highest BCUT2D eigenvalue weighted by Crippen LogP contribution is 2.27. The van der Waals surface area contributed by atoms with Gasteiger partial charge in [-0.3, -0.25) is 0 Å². The molecule has 0 atom stereocenters. The van der Waals surface area contributed by atoms with Crippen molar-refractivity contribution in [1.29, 1.82) is 0 Å². The van der Waals surface area contributed by atoms with Gasteiger partial charge in [0.25, 0.3) is 0 Å². The molecule has 3 aromatic rings. The first-order valence-corrected chi connectivity index (χ1v) is 8.70. The second-order valence-corrected chi connectivity index (χ2v) is 6.52. The van der Waals surface area contributed by atoms with E-state index in [1.165, 1.54) is 17.2 Å². The van der Waals surface area contributed by atoms with Crippen LogP contribution in [0.5, 0.6) is 11.5 Å². The Morgan fingerprint density at radius 2 is 1.92 bits per heavy atom. The Hall–Kier alpha value is -2.79. The van der Waals surface area contributed by atoms with E-state index >= 15 is 0 Å². The number of rotatable bonds is 6. The van der Waals surface area contributed by atoms with Crippen molar-refractivity contribution in [2.24, 2.45) is 0 Å². The van der Waals surface area contributed by atoms with Crippen molar-refractivity contribution >= 4 is 11.0 Å². The molecule has 0 bridgehead atoms. The van der Waals surface area contributed by atoms with Crippen LogP contribution in [0, 0.1) is 13.8 Å². The molecule has 0 saturated carbocycles. The summed E-state index contributed by atoms with van der Waals surface area (Å²) in [4.78, 5) is 11.9. The number of fused-ring (bicyclic) bond motifs is 1. The molecule has 5 nitrogen and oxygen atoms in total. The van der Waals surface area contributed by atoms with Crippen LogP contribution in [-0.2, 0) is 13.0 Å². The molecule has 0 radical (unpaired) electrons. The van der Waals surface area contributed by atoms with Gasteiger partial charge in [-0.25, -0.2) is 4.79 Å². The molecule has 3 rings (SSSR count). The minimum Gasteiger partial charge on any atom is -0.508 e. The fraction of sp³-hybridized carbons (Fsp3) is 0.286. The summed E-state index contributed by atoms with van der Waals surface area (Å²) in [7, 11) is 1.69. The molecule has 0 spiro atoms. The number of methoxy groups -OCH3 is 1. The number of hydrogen-bond donors (Lipinski definition) is 2. The lowest BCUT2D eigenvalue weighted by Gasteiger charge is -2.10. The van der Waals surface area contributed by atoms with Crippen molar-refractivity contribution in [2.75, 3.05) is 13.7 Å². The predicted molar refractivity (Wildman–Crippen MR) is 101 cm³/mol. The highest BCUT2D eigenvalue weighted by molar-refractivity contribution is 5.84. The summed E-state index contributed by atoms with van der Waals surface area (Å²) in [6.45, 7) is 5.36. The Balaban J connectivity index is 1.74. The number of aromatic hydroxyl groups is 1. The zero-order valence-corrected chi connectivity index (χ0v) is 15.3. The lowest BCUT2D eigenvalue weighted by atomic mass is 10.1. The van der Waals surface area contributed by atoms with Gasteiger partial charge >= 0.3 is 5.63 Å². The van der Waals surface area contributed by atoms with Gasteiger partial charge in [0.2, 0.25) is 0 Å². The van der Waals surface area contributed by atoms with E-state index in [0.717, 1.165) is 29.7 Å². The van der Waals surface area contributed by atoms with Gasteiger partial charge < -0.3 is 19.6 Å². The Morgan fingerprint density at radius 3 is 2.69 bits per heavy atom. The Bertz CT molecular complexity index is 991. The minimum atomic E-state index is -0.394. The number of ether oxygens (including phenoxy) is 1. The van der Waals surface area contributed by atoms with Crippen LogP contribution in [-0.4, -0.2) is 18.8 Å². The molecule has 26 heavy (non-hydrogen) atoms. The van der Waals surface area contributed by atoms with E-state index in [1.54, 1.807) is 26.2 Å². The molecule has 1 aromatic heterocycles. The Labute approximate surface area is 152 Å². The largest absolute Gasteiger partial charge is 0.508 e. The van der Waals surface area contributed by atoms with E-state index in [9.17, 15) is 9.90 Å². The zero-order chi connectivity index (χ0) is 18.7. The van der Waals surface area contributed by atoms with Crippen LogP contribution in [0.1, 0.15) is 22.3 Å². The lowest BCUT2D eigenvalue weighted by molar-refractivity contribution is -0.670. The van der Waals surface area contributed by atoms with Crippen molar-refractivity contribution in [3.8, 4) is 11.5 Å². The van der Waals surface area contributed by atoms with Crippen LogP contribution in [0.25, 0.3) is 11.0 Å². The smallest absolute Gasteiger partial charge is 0.336 e. The first kappa shape index (κ1) is 18.0. The first-order valence-electron chi connectivity index (χ1n) is 8.70. The second kappa shape index (κ2) is 7.62. The molecule has 0 aliphatic carbocycles. The van der Waals surface area contributed by atoms with Crippen LogP contribution >= 0.6 is 0 Å². The van der Waals surface area contributed by atoms with Crippen molar-refractivity contribution in [2.45, 2.75) is 26.8 Å². The monoisotopic (exact) mass is 354 g/mol. The molecule has 0 fully saturated rings. The average molecular weight is 354 g/mol. The third-order valence-corrected chi connectivity index (χ3v) is 4.64. The van der Waals surface area contributed by atoms with Crippen LogP contribution in [0.4, 0.5) is 0 Å².